The van der Waals surface area contributed by atoms with E-state index in [1.165, 1.54) is 0 Å². The number of ether oxygens (including phenoxy) is 4. The van der Waals surface area contributed by atoms with E-state index in [1.807, 2.05) is 6.92 Å². The van der Waals surface area contributed by atoms with Gasteiger partial charge in [0.15, 0.2) is 0 Å². The number of carbonyl (C=O) groups excluding carboxylic acids is 3. The van der Waals surface area contributed by atoms with Gasteiger partial charge >= 0.3 is 41.5 Å². The summed E-state index contributed by atoms with van der Waals surface area (Å²) in [6, 6.07) is 0. The van der Waals surface area contributed by atoms with Crippen molar-refractivity contribution in [2.45, 2.75) is 52.4 Å². The topological polar surface area (TPSA) is 115 Å². The minimum absolute atomic E-state index is 0. The predicted octanol–water partition coefficient (Wildman–Crippen LogP) is -1.74. The number of aliphatic hydroxyl groups excluding tert-OH is 1. The van der Waals surface area contributed by atoms with Crippen LogP contribution in [0, 0.1) is 11.8 Å². The first-order valence-electron chi connectivity index (χ1n) is 13.5. The van der Waals surface area contributed by atoms with Gasteiger partial charge in [0.05, 0.1) is 51.5 Å². The van der Waals surface area contributed by atoms with E-state index in [-0.39, 0.29) is 76.2 Å². The Labute approximate surface area is 254 Å². The number of hydrogen-bond acceptors (Lipinski definition) is 10. The molecule has 2 aliphatic heterocycles. The molecule has 0 aromatic heterocycles. The number of esters is 2. The summed E-state index contributed by atoms with van der Waals surface area (Å²) in [4.78, 5) is 38.5. The average Bonchev–Trinajstić information content (AvgIpc) is 2.89. The van der Waals surface area contributed by atoms with Crippen LogP contribution in [0.5, 0.6) is 0 Å². The Balaban J connectivity index is -0.000000617. The van der Waals surface area contributed by atoms with Crippen molar-refractivity contribution in [3.8, 4) is 0 Å². The van der Waals surface area contributed by atoms with Crippen molar-refractivity contribution in [3.05, 3.63) is 0 Å². The second-order valence-electron chi connectivity index (χ2n) is 9.01. The van der Waals surface area contributed by atoms with Crippen molar-refractivity contribution in [1.29, 1.82) is 0 Å². The number of nitrogens with zero attached hydrogens (tertiary/aromatic N) is 2. The van der Waals surface area contributed by atoms with Crippen LogP contribution in [0.4, 0.5) is 0 Å². The molecule has 0 spiro atoms. The standard InChI is InChI=1S/C13H25NO4.C13H23NO4.B.Na.H/c2*1-2-18-13(16)12(5-9-15)4-3-6-14-7-10-17-11-8-14;;;/h12,15H,2-11H2,1H3;9,12H,2-8,10-11H2,1H3;;;/q;;;+1;-1/t2*12-;;;/m11.../s1. The van der Waals surface area contributed by atoms with Gasteiger partial charge in [0, 0.05) is 47.6 Å². The van der Waals surface area contributed by atoms with E-state index in [0.29, 0.717) is 19.6 Å². The van der Waals surface area contributed by atoms with Crippen LogP contribution in [0.15, 0.2) is 0 Å². The van der Waals surface area contributed by atoms with Crippen molar-refractivity contribution in [2.75, 3.05) is 85.5 Å². The van der Waals surface area contributed by atoms with Crippen molar-refractivity contribution in [2.24, 2.45) is 11.8 Å². The minimum Gasteiger partial charge on any atom is -1.00 e. The van der Waals surface area contributed by atoms with Crippen LogP contribution in [0.2, 0.25) is 0 Å². The minimum atomic E-state index is -0.275. The van der Waals surface area contributed by atoms with Gasteiger partial charge in [-0.15, -0.1) is 0 Å². The van der Waals surface area contributed by atoms with Crippen molar-refractivity contribution in [3.63, 3.8) is 0 Å². The van der Waals surface area contributed by atoms with Gasteiger partial charge in [-0.2, -0.15) is 0 Å². The molecule has 10 nitrogen and oxygen atoms in total. The third-order valence-corrected chi connectivity index (χ3v) is 6.36. The van der Waals surface area contributed by atoms with Gasteiger partial charge in [-0.25, -0.2) is 0 Å². The molecule has 0 aromatic carbocycles. The van der Waals surface area contributed by atoms with E-state index in [0.717, 1.165) is 97.7 Å². The van der Waals surface area contributed by atoms with E-state index in [2.05, 4.69) is 9.80 Å². The predicted molar refractivity (Wildman–Crippen MR) is 142 cm³/mol. The summed E-state index contributed by atoms with van der Waals surface area (Å²) in [7, 11) is 0. The van der Waals surface area contributed by atoms with Gasteiger partial charge in [0.1, 0.15) is 6.29 Å². The van der Waals surface area contributed by atoms with Gasteiger partial charge in [-0.3, -0.25) is 19.4 Å². The van der Waals surface area contributed by atoms with Crippen LogP contribution in [0.25, 0.3) is 0 Å². The molecule has 2 rings (SSSR count). The van der Waals surface area contributed by atoms with Gasteiger partial charge in [-0.05, 0) is 59.0 Å². The summed E-state index contributed by atoms with van der Waals surface area (Å²) in [5.74, 6) is -0.848. The Morgan fingerprint density at radius 1 is 0.842 bits per heavy atom. The summed E-state index contributed by atoms with van der Waals surface area (Å²) in [6.07, 6.45) is 4.95. The smallest absolute Gasteiger partial charge is 1.00 e. The zero-order valence-electron chi connectivity index (χ0n) is 24.9. The van der Waals surface area contributed by atoms with Gasteiger partial charge in [0.2, 0.25) is 0 Å². The zero-order valence-corrected chi connectivity index (χ0v) is 25.9. The quantitative estimate of drug-likeness (QED) is 0.135. The maximum Gasteiger partial charge on any atom is 1.00 e. The summed E-state index contributed by atoms with van der Waals surface area (Å²) in [6.45, 7) is 13.4. The first-order chi connectivity index (χ1) is 17.5. The van der Waals surface area contributed by atoms with Crippen LogP contribution in [0.3, 0.4) is 0 Å². The number of hydrogen-bond donors (Lipinski definition) is 1. The molecule has 38 heavy (non-hydrogen) atoms. The molecule has 2 atom stereocenters. The van der Waals surface area contributed by atoms with Crippen LogP contribution >= 0.6 is 0 Å². The normalized spacial score (nSPS) is 17.4. The van der Waals surface area contributed by atoms with E-state index in [4.69, 9.17) is 24.1 Å². The van der Waals surface area contributed by atoms with E-state index < -0.39 is 0 Å². The Morgan fingerprint density at radius 2 is 1.26 bits per heavy atom. The molecule has 3 radical (unpaired) electrons. The molecule has 1 N–H and O–H groups in total. The number of morpholine rings is 2. The third-order valence-electron chi connectivity index (χ3n) is 6.36. The fraction of sp³-hybridized carbons (Fsp3) is 0.885. The monoisotopic (exact) mass is 551 g/mol. The third kappa shape index (κ3) is 18.7. The second-order valence-corrected chi connectivity index (χ2v) is 9.01. The summed E-state index contributed by atoms with van der Waals surface area (Å²) < 4.78 is 20.5. The van der Waals surface area contributed by atoms with Gasteiger partial charge < -0.3 is 30.3 Å². The van der Waals surface area contributed by atoms with Crippen LogP contribution in [0.1, 0.15) is 53.8 Å². The van der Waals surface area contributed by atoms with Crippen molar-refractivity contribution < 1.29 is 69.4 Å². The number of carbonyl (C=O) groups is 3. The first kappa shape index (κ1) is 39.6. The summed E-state index contributed by atoms with van der Waals surface area (Å²) in [5, 5.41) is 8.97. The van der Waals surface area contributed by atoms with Crippen molar-refractivity contribution >= 4 is 26.6 Å². The molecule has 0 aromatic rings. The molecular weight excluding hydrogens is 502 g/mol. The molecule has 2 aliphatic rings. The molecule has 215 valence electrons. The largest absolute Gasteiger partial charge is 1.00 e. The fourth-order valence-electron chi connectivity index (χ4n) is 4.28. The maximum atomic E-state index is 11.6. The zero-order chi connectivity index (χ0) is 26.4. The summed E-state index contributed by atoms with van der Waals surface area (Å²) >= 11 is 0. The average molecular weight is 551 g/mol. The number of aliphatic hydroxyl groups is 1. The Morgan fingerprint density at radius 3 is 1.66 bits per heavy atom. The Hall–Kier alpha value is -0.525. The molecular formula is C26H49BN2NaO8. The van der Waals surface area contributed by atoms with Crippen LogP contribution in [-0.2, 0) is 33.3 Å². The molecule has 0 amide bonds. The molecule has 0 saturated carbocycles. The first-order valence-corrected chi connectivity index (χ1v) is 13.5. The SMILES string of the molecule is CCOC(=O)[C@@H](CC=O)CCCN1CCOCC1.CCOC(=O)[C@@H](CCO)CCCN1CCOCC1.[B].[H-].[Na+]. The van der Waals surface area contributed by atoms with Crippen molar-refractivity contribution in [1.82, 2.24) is 9.80 Å². The fourth-order valence-corrected chi connectivity index (χ4v) is 4.28. The number of rotatable bonds is 16. The van der Waals surface area contributed by atoms with E-state index >= 15 is 0 Å². The van der Waals surface area contributed by atoms with Crippen LogP contribution in [-0.4, -0.2) is 127 Å². The van der Waals surface area contributed by atoms with E-state index in [1.54, 1.807) is 6.92 Å². The molecule has 2 heterocycles. The van der Waals surface area contributed by atoms with Gasteiger partial charge in [-0.1, -0.05) is 0 Å². The number of aldehydes is 1. The van der Waals surface area contributed by atoms with Crippen LogP contribution < -0.4 is 29.6 Å². The maximum absolute atomic E-state index is 11.6. The molecule has 0 aliphatic carbocycles. The Kier molecular flexibility index (Phi) is 27.8. The van der Waals surface area contributed by atoms with Gasteiger partial charge in [0.25, 0.3) is 0 Å². The second kappa shape index (κ2) is 26.7. The van der Waals surface area contributed by atoms with E-state index in [9.17, 15) is 14.4 Å². The summed E-state index contributed by atoms with van der Waals surface area (Å²) in [5.41, 5.74) is 0. The molecule has 0 unspecified atom stereocenters. The molecule has 0 bridgehead atoms. The Bertz CT molecular complexity index is 600. The molecule has 2 saturated heterocycles. The molecule has 12 heteroatoms. The molecule has 2 fully saturated rings.